The van der Waals surface area contributed by atoms with Crippen molar-refractivity contribution < 1.29 is 28.7 Å². The molecule has 1 aromatic rings. The van der Waals surface area contributed by atoms with E-state index in [0.717, 1.165) is 17.8 Å². The topological polar surface area (TPSA) is 116 Å². The number of esters is 2. The largest absolute Gasteiger partial charge is 0.398 e. The molecule has 22 heavy (non-hydrogen) atoms. The van der Waals surface area contributed by atoms with Gasteiger partial charge in [0.1, 0.15) is 12.8 Å². The second-order valence-corrected chi connectivity index (χ2v) is 4.99. The maximum atomic E-state index is 12.0. The number of anilines is 1. The number of nitrogens with one attached hydrogen (secondary N) is 1. The van der Waals surface area contributed by atoms with Crippen LogP contribution < -0.4 is 5.32 Å². The Labute approximate surface area is 129 Å². The first-order valence-electron chi connectivity index (χ1n) is 6.30. The van der Waals surface area contributed by atoms with Crippen molar-refractivity contribution in [1.82, 2.24) is 4.98 Å². The van der Waals surface area contributed by atoms with Gasteiger partial charge in [0.05, 0.1) is 0 Å². The molecule has 1 N–H and O–H groups in total. The molecule has 1 aliphatic rings. The zero-order chi connectivity index (χ0) is 15.9. The Hall–Kier alpha value is -2.33. The van der Waals surface area contributed by atoms with Crippen molar-refractivity contribution in [2.75, 3.05) is 19.0 Å². The molecule has 0 aromatic carbocycles. The van der Waals surface area contributed by atoms with E-state index in [-0.39, 0.29) is 16.5 Å². The normalized spacial score (nSPS) is 17.9. The summed E-state index contributed by atoms with van der Waals surface area (Å²) in [5.74, 6) is -1.77. The standard InChI is InChI=1S/C12H13N3O6S/c1-19-15-9(7-5-22-12(14-7)13-6-16)11(18)21-10(17)8-3-2-4-20-8/h5-6,8H,2-4H2,1H3,(H,13,14,16). The summed E-state index contributed by atoms with van der Waals surface area (Å²) >= 11 is 1.08. The fourth-order valence-electron chi connectivity index (χ4n) is 1.75. The second kappa shape index (κ2) is 7.61. The highest BCUT2D eigenvalue weighted by Gasteiger charge is 2.30. The van der Waals surface area contributed by atoms with Gasteiger partial charge < -0.3 is 19.6 Å². The molecule has 0 aliphatic carbocycles. The van der Waals surface area contributed by atoms with Crippen LogP contribution in [0.1, 0.15) is 18.5 Å². The van der Waals surface area contributed by atoms with E-state index >= 15 is 0 Å². The van der Waals surface area contributed by atoms with Crippen LogP contribution in [0.2, 0.25) is 0 Å². The first-order chi connectivity index (χ1) is 10.7. The highest BCUT2D eigenvalue weighted by molar-refractivity contribution is 7.14. The van der Waals surface area contributed by atoms with Crippen molar-refractivity contribution in [2.45, 2.75) is 18.9 Å². The number of carbonyl (C=O) groups is 3. The molecule has 0 bridgehead atoms. The highest BCUT2D eigenvalue weighted by Crippen LogP contribution is 2.17. The van der Waals surface area contributed by atoms with Gasteiger partial charge in [0.2, 0.25) is 12.1 Å². The van der Waals surface area contributed by atoms with E-state index in [0.29, 0.717) is 19.4 Å². The van der Waals surface area contributed by atoms with Crippen LogP contribution in [-0.4, -0.2) is 48.9 Å². The first-order valence-corrected chi connectivity index (χ1v) is 7.18. The Morgan fingerprint density at radius 1 is 1.59 bits per heavy atom. The van der Waals surface area contributed by atoms with Gasteiger partial charge in [-0.25, -0.2) is 14.6 Å². The quantitative estimate of drug-likeness (QED) is 0.263. The van der Waals surface area contributed by atoms with Crippen molar-refractivity contribution in [1.29, 1.82) is 0 Å². The highest BCUT2D eigenvalue weighted by atomic mass is 32.1. The molecule has 1 saturated heterocycles. The minimum absolute atomic E-state index is 0.126. The third-order valence-electron chi connectivity index (χ3n) is 2.69. The molecule has 0 spiro atoms. The second-order valence-electron chi connectivity index (χ2n) is 4.13. The molecule has 2 rings (SSSR count). The summed E-state index contributed by atoms with van der Waals surface area (Å²) in [4.78, 5) is 42.7. The molecule has 1 amide bonds. The van der Waals surface area contributed by atoms with E-state index < -0.39 is 18.0 Å². The Morgan fingerprint density at radius 3 is 3.05 bits per heavy atom. The molecule has 0 radical (unpaired) electrons. The summed E-state index contributed by atoms with van der Waals surface area (Å²) in [6, 6.07) is 0. The van der Waals surface area contributed by atoms with E-state index in [1.54, 1.807) is 0 Å². The minimum atomic E-state index is -0.995. The molecule has 1 aliphatic heterocycles. The third kappa shape index (κ3) is 3.86. The molecule has 118 valence electrons. The van der Waals surface area contributed by atoms with Crippen LogP contribution in [0, 0.1) is 0 Å². The molecule has 10 heteroatoms. The number of oxime groups is 1. The molecule has 0 saturated carbocycles. The van der Waals surface area contributed by atoms with Gasteiger partial charge in [-0.05, 0) is 12.8 Å². The van der Waals surface area contributed by atoms with Gasteiger partial charge in [0.15, 0.2) is 11.2 Å². The smallest absolute Gasteiger partial charge is 0.370 e. The molecule has 1 unspecified atom stereocenters. The summed E-state index contributed by atoms with van der Waals surface area (Å²) in [7, 11) is 1.24. The van der Waals surface area contributed by atoms with Gasteiger partial charge in [0.25, 0.3) is 0 Å². The van der Waals surface area contributed by atoms with Gasteiger partial charge in [-0.2, -0.15) is 0 Å². The summed E-state index contributed by atoms with van der Waals surface area (Å²) < 4.78 is 9.87. The Kier molecular flexibility index (Phi) is 5.55. The van der Waals surface area contributed by atoms with E-state index in [1.165, 1.54) is 12.5 Å². The van der Waals surface area contributed by atoms with E-state index in [9.17, 15) is 14.4 Å². The lowest BCUT2D eigenvalue weighted by molar-refractivity contribution is -0.162. The summed E-state index contributed by atoms with van der Waals surface area (Å²) in [6.07, 6.45) is 0.956. The van der Waals surface area contributed by atoms with Crippen LogP contribution in [-0.2, 0) is 28.7 Å². The van der Waals surface area contributed by atoms with Gasteiger partial charge in [0, 0.05) is 12.0 Å². The van der Waals surface area contributed by atoms with Crippen LogP contribution >= 0.6 is 11.3 Å². The minimum Gasteiger partial charge on any atom is -0.398 e. The predicted molar refractivity (Wildman–Crippen MR) is 75.4 cm³/mol. The monoisotopic (exact) mass is 327 g/mol. The Morgan fingerprint density at radius 2 is 2.41 bits per heavy atom. The lowest BCUT2D eigenvalue weighted by Crippen LogP contribution is -2.29. The molecular weight excluding hydrogens is 314 g/mol. The van der Waals surface area contributed by atoms with Crippen LogP contribution in [0.25, 0.3) is 0 Å². The van der Waals surface area contributed by atoms with Gasteiger partial charge in [-0.15, -0.1) is 11.3 Å². The van der Waals surface area contributed by atoms with Crippen LogP contribution in [0.3, 0.4) is 0 Å². The average molecular weight is 327 g/mol. The van der Waals surface area contributed by atoms with Crippen molar-refractivity contribution in [3.05, 3.63) is 11.1 Å². The zero-order valence-corrected chi connectivity index (χ0v) is 12.4. The van der Waals surface area contributed by atoms with E-state index in [4.69, 9.17) is 9.47 Å². The van der Waals surface area contributed by atoms with Gasteiger partial charge in [-0.3, -0.25) is 4.79 Å². The summed E-state index contributed by atoms with van der Waals surface area (Å²) in [5, 5.41) is 7.61. The number of rotatable bonds is 6. The number of carbonyl (C=O) groups excluding carboxylic acids is 3. The Bertz CT molecular complexity index is 593. The van der Waals surface area contributed by atoms with Crippen molar-refractivity contribution >= 4 is 40.5 Å². The molecular formula is C12H13N3O6S. The molecule has 2 heterocycles. The van der Waals surface area contributed by atoms with Gasteiger partial charge in [-0.1, -0.05) is 5.16 Å². The number of ether oxygens (including phenoxy) is 2. The van der Waals surface area contributed by atoms with Crippen LogP contribution in [0.5, 0.6) is 0 Å². The average Bonchev–Trinajstić information content (AvgIpc) is 3.16. The number of hydrogen-bond donors (Lipinski definition) is 1. The summed E-state index contributed by atoms with van der Waals surface area (Å²) in [6.45, 7) is 0.458. The van der Waals surface area contributed by atoms with E-state index in [1.807, 2.05) is 0 Å². The SMILES string of the molecule is CON=C(C(=O)OC(=O)C1CCCO1)c1csc(NC=O)n1. The third-order valence-corrected chi connectivity index (χ3v) is 3.46. The lowest BCUT2D eigenvalue weighted by atomic mass is 10.2. The molecule has 1 atom stereocenters. The molecule has 1 aromatic heterocycles. The summed E-state index contributed by atoms with van der Waals surface area (Å²) in [5.41, 5.74) is -0.148. The lowest BCUT2D eigenvalue weighted by Gasteiger charge is -2.08. The van der Waals surface area contributed by atoms with Crippen molar-refractivity contribution in [2.24, 2.45) is 5.16 Å². The van der Waals surface area contributed by atoms with Crippen LogP contribution in [0.4, 0.5) is 5.13 Å². The first kappa shape index (κ1) is 16.0. The Balaban J connectivity index is 2.09. The fourth-order valence-corrected chi connectivity index (χ4v) is 2.40. The van der Waals surface area contributed by atoms with Crippen molar-refractivity contribution in [3.63, 3.8) is 0 Å². The van der Waals surface area contributed by atoms with Crippen LogP contribution in [0.15, 0.2) is 10.5 Å². The molecule has 1 fully saturated rings. The maximum Gasteiger partial charge on any atom is 0.370 e. The number of aromatic nitrogens is 1. The predicted octanol–water partition coefficient (Wildman–Crippen LogP) is 0.311. The molecule has 9 nitrogen and oxygen atoms in total. The number of hydrogen-bond acceptors (Lipinski definition) is 9. The number of amides is 1. The van der Waals surface area contributed by atoms with Crippen molar-refractivity contribution in [3.8, 4) is 0 Å². The zero-order valence-electron chi connectivity index (χ0n) is 11.6. The number of thiazole rings is 1. The fraction of sp³-hybridized carbons (Fsp3) is 0.417. The maximum absolute atomic E-state index is 12.0. The number of nitrogens with zero attached hydrogens (tertiary/aromatic N) is 2. The van der Waals surface area contributed by atoms with E-state index in [2.05, 4.69) is 20.3 Å². The van der Waals surface area contributed by atoms with Gasteiger partial charge >= 0.3 is 11.9 Å².